The Morgan fingerprint density at radius 2 is 2.15 bits per heavy atom. The summed E-state index contributed by atoms with van der Waals surface area (Å²) in [5, 5.41) is 0. The van der Waals surface area contributed by atoms with E-state index in [0.717, 1.165) is 28.4 Å². The zero-order valence-corrected chi connectivity index (χ0v) is 14.1. The minimum atomic E-state index is -0.277. The van der Waals surface area contributed by atoms with Gasteiger partial charge in [-0.2, -0.15) is 0 Å². The molecule has 0 radical (unpaired) electrons. The van der Waals surface area contributed by atoms with Crippen molar-refractivity contribution in [2.45, 2.75) is 46.0 Å². The molecule has 2 atom stereocenters. The second-order valence-corrected chi connectivity index (χ2v) is 6.84. The van der Waals surface area contributed by atoms with E-state index in [1.807, 2.05) is 13.0 Å². The quantitative estimate of drug-likeness (QED) is 0.435. The predicted molar refractivity (Wildman–Crippen MR) is 85.1 cm³/mol. The lowest BCUT2D eigenvalue weighted by Crippen LogP contribution is -2.26. The van der Waals surface area contributed by atoms with Crippen LogP contribution in [0.2, 0.25) is 0 Å². The van der Waals surface area contributed by atoms with Gasteiger partial charge in [0.15, 0.2) is 0 Å². The van der Waals surface area contributed by atoms with E-state index in [1.165, 1.54) is 12.5 Å². The topological polar surface area (TPSA) is 26.3 Å². The fourth-order valence-electron chi connectivity index (χ4n) is 3.01. The molecule has 1 aliphatic carbocycles. The van der Waals surface area contributed by atoms with Gasteiger partial charge in [0.2, 0.25) is 0 Å². The molecule has 0 saturated heterocycles. The molecule has 3 heteroatoms. The Morgan fingerprint density at radius 1 is 1.50 bits per heavy atom. The molecule has 1 aromatic carbocycles. The van der Waals surface area contributed by atoms with Crippen molar-refractivity contribution in [2.24, 2.45) is 5.92 Å². The number of rotatable bonds is 2. The van der Waals surface area contributed by atoms with Crippen LogP contribution in [0.1, 0.15) is 44.7 Å². The van der Waals surface area contributed by atoms with Crippen molar-refractivity contribution in [1.29, 1.82) is 0 Å². The second-order valence-electron chi connectivity index (χ2n) is 5.99. The third-order valence-corrected chi connectivity index (χ3v) is 5.52. The molecule has 0 aliphatic heterocycles. The van der Waals surface area contributed by atoms with E-state index >= 15 is 0 Å². The molecule has 108 valence electrons. The fraction of sp³-hybridized carbons (Fsp3) is 0.471. The predicted octanol–water partition coefficient (Wildman–Crippen LogP) is 4.93. The SMILES string of the molecule is C=C1CCC(C)(c2cc(Br)c(C)cc2OC(C)=O)C1C. The molecule has 1 fully saturated rings. The van der Waals surface area contributed by atoms with Crippen molar-refractivity contribution in [3.63, 3.8) is 0 Å². The van der Waals surface area contributed by atoms with E-state index in [-0.39, 0.29) is 11.4 Å². The Balaban J connectivity index is 2.57. The summed E-state index contributed by atoms with van der Waals surface area (Å²) in [6.45, 7) is 12.1. The summed E-state index contributed by atoms with van der Waals surface area (Å²) in [6.07, 6.45) is 2.07. The van der Waals surface area contributed by atoms with Gasteiger partial charge in [-0.15, -0.1) is 0 Å². The van der Waals surface area contributed by atoms with Gasteiger partial charge in [-0.25, -0.2) is 0 Å². The molecule has 20 heavy (non-hydrogen) atoms. The van der Waals surface area contributed by atoms with Crippen LogP contribution in [-0.4, -0.2) is 5.97 Å². The number of aryl methyl sites for hydroxylation is 1. The Hall–Kier alpha value is -1.09. The molecular formula is C17H21BrO2. The van der Waals surface area contributed by atoms with E-state index in [4.69, 9.17) is 4.74 Å². The third kappa shape index (κ3) is 2.56. The highest BCUT2D eigenvalue weighted by Gasteiger charge is 2.41. The van der Waals surface area contributed by atoms with Gasteiger partial charge in [0, 0.05) is 22.4 Å². The summed E-state index contributed by atoms with van der Waals surface area (Å²) >= 11 is 3.59. The molecule has 0 heterocycles. The highest BCUT2D eigenvalue weighted by atomic mass is 79.9. The van der Waals surface area contributed by atoms with Gasteiger partial charge in [-0.3, -0.25) is 4.79 Å². The van der Waals surface area contributed by atoms with Crippen LogP contribution in [0.3, 0.4) is 0 Å². The first-order valence-electron chi connectivity index (χ1n) is 6.92. The van der Waals surface area contributed by atoms with E-state index in [1.54, 1.807) is 0 Å². The molecule has 0 amide bonds. The van der Waals surface area contributed by atoms with Crippen molar-refractivity contribution in [1.82, 2.24) is 0 Å². The van der Waals surface area contributed by atoms with Crippen molar-refractivity contribution >= 4 is 21.9 Å². The fourth-order valence-corrected chi connectivity index (χ4v) is 3.36. The van der Waals surface area contributed by atoms with Crippen LogP contribution in [0, 0.1) is 12.8 Å². The smallest absolute Gasteiger partial charge is 0.308 e. The zero-order valence-electron chi connectivity index (χ0n) is 12.5. The van der Waals surface area contributed by atoms with Crippen LogP contribution in [-0.2, 0) is 10.2 Å². The molecule has 2 rings (SSSR count). The number of hydrogen-bond acceptors (Lipinski definition) is 2. The average Bonchev–Trinajstić information content (AvgIpc) is 2.62. The van der Waals surface area contributed by atoms with Gasteiger partial charge < -0.3 is 4.74 Å². The molecule has 0 aromatic heterocycles. The maximum absolute atomic E-state index is 11.4. The number of ether oxygens (including phenoxy) is 1. The Bertz CT molecular complexity index is 577. The third-order valence-electron chi connectivity index (χ3n) is 4.66. The van der Waals surface area contributed by atoms with Crippen LogP contribution >= 0.6 is 15.9 Å². The van der Waals surface area contributed by atoms with Crippen LogP contribution in [0.15, 0.2) is 28.8 Å². The monoisotopic (exact) mass is 336 g/mol. The lowest BCUT2D eigenvalue weighted by atomic mass is 9.73. The van der Waals surface area contributed by atoms with Crippen molar-refractivity contribution in [3.8, 4) is 5.75 Å². The molecule has 0 spiro atoms. The van der Waals surface area contributed by atoms with E-state index < -0.39 is 0 Å². The summed E-state index contributed by atoms with van der Waals surface area (Å²) in [7, 11) is 0. The second kappa shape index (κ2) is 5.36. The molecule has 1 saturated carbocycles. The van der Waals surface area contributed by atoms with Crippen LogP contribution < -0.4 is 4.74 Å². The van der Waals surface area contributed by atoms with E-state index in [0.29, 0.717) is 11.7 Å². The first-order valence-corrected chi connectivity index (χ1v) is 7.71. The largest absolute Gasteiger partial charge is 0.426 e. The molecule has 0 bridgehead atoms. The highest BCUT2D eigenvalue weighted by Crippen LogP contribution is 2.51. The molecule has 0 N–H and O–H groups in total. The number of benzene rings is 1. The first-order chi connectivity index (χ1) is 9.25. The minimum Gasteiger partial charge on any atom is -0.426 e. The summed E-state index contributed by atoms with van der Waals surface area (Å²) in [5.74, 6) is 0.787. The normalized spacial score (nSPS) is 25.9. The standard InChI is InChI=1S/C17H21BrO2/c1-10-6-7-17(5,12(10)3)14-9-15(18)11(2)8-16(14)20-13(4)19/h8-9,12H,1,6-7H2,2-5H3. The van der Waals surface area contributed by atoms with Crippen molar-refractivity contribution < 1.29 is 9.53 Å². The van der Waals surface area contributed by atoms with Crippen LogP contribution in [0.25, 0.3) is 0 Å². The Labute approximate surface area is 129 Å². The number of hydrogen-bond donors (Lipinski definition) is 0. The Morgan fingerprint density at radius 3 is 2.65 bits per heavy atom. The molecule has 1 aliphatic rings. The number of allylic oxidation sites excluding steroid dienone is 1. The zero-order chi connectivity index (χ0) is 15.1. The average molecular weight is 337 g/mol. The maximum atomic E-state index is 11.4. The number of halogens is 1. The highest BCUT2D eigenvalue weighted by molar-refractivity contribution is 9.10. The Kier molecular flexibility index (Phi) is 4.10. The lowest BCUT2D eigenvalue weighted by molar-refractivity contribution is -0.131. The number of carbonyl (C=O) groups excluding carboxylic acids is 1. The number of carbonyl (C=O) groups is 1. The van der Waals surface area contributed by atoms with E-state index in [2.05, 4.69) is 42.4 Å². The minimum absolute atomic E-state index is 0.0297. The number of esters is 1. The molecule has 2 nitrogen and oxygen atoms in total. The van der Waals surface area contributed by atoms with Gasteiger partial charge >= 0.3 is 5.97 Å². The van der Waals surface area contributed by atoms with Crippen molar-refractivity contribution in [3.05, 3.63) is 39.9 Å². The maximum Gasteiger partial charge on any atom is 0.308 e. The first kappa shape index (κ1) is 15.3. The summed E-state index contributed by atoms with van der Waals surface area (Å²) in [5.41, 5.74) is 3.41. The van der Waals surface area contributed by atoms with E-state index in [9.17, 15) is 4.79 Å². The summed E-state index contributed by atoms with van der Waals surface area (Å²) < 4.78 is 6.50. The van der Waals surface area contributed by atoms with Crippen molar-refractivity contribution in [2.75, 3.05) is 0 Å². The molecular weight excluding hydrogens is 316 g/mol. The van der Waals surface area contributed by atoms with Gasteiger partial charge in [0.25, 0.3) is 0 Å². The molecule has 2 unspecified atom stereocenters. The van der Waals surface area contributed by atoms with Gasteiger partial charge in [-0.1, -0.05) is 41.9 Å². The molecule has 1 aromatic rings. The van der Waals surface area contributed by atoms with Gasteiger partial charge in [-0.05, 0) is 43.4 Å². The summed E-state index contributed by atoms with van der Waals surface area (Å²) in [6, 6.07) is 4.04. The van der Waals surface area contributed by atoms with Gasteiger partial charge in [0.05, 0.1) is 0 Å². The lowest BCUT2D eigenvalue weighted by Gasteiger charge is -2.32. The van der Waals surface area contributed by atoms with Gasteiger partial charge in [0.1, 0.15) is 5.75 Å². The van der Waals surface area contributed by atoms with Crippen LogP contribution in [0.5, 0.6) is 5.75 Å². The summed E-state index contributed by atoms with van der Waals surface area (Å²) in [4.78, 5) is 11.4. The van der Waals surface area contributed by atoms with Crippen LogP contribution in [0.4, 0.5) is 0 Å².